The van der Waals surface area contributed by atoms with E-state index in [4.69, 9.17) is 4.74 Å². The van der Waals surface area contributed by atoms with Crippen molar-refractivity contribution in [3.8, 4) is 5.75 Å². The van der Waals surface area contributed by atoms with Gasteiger partial charge in [-0.2, -0.15) is 0 Å². The first kappa shape index (κ1) is 22.2. The molecular weight excluding hydrogens is 466 g/mol. The van der Waals surface area contributed by atoms with Gasteiger partial charge in [0, 0.05) is 29.2 Å². The number of hydrogen-bond acceptors (Lipinski definition) is 4. The van der Waals surface area contributed by atoms with E-state index in [1.54, 1.807) is 7.11 Å². The molecule has 5 nitrogen and oxygen atoms in total. The molecule has 1 fully saturated rings. The summed E-state index contributed by atoms with van der Waals surface area (Å²) in [5, 5.41) is 7.05. The average Bonchev–Trinajstić information content (AvgIpc) is 3.44. The second-order valence-electron chi connectivity index (χ2n) is 8.55. The van der Waals surface area contributed by atoms with Gasteiger partial charge in [-0.05, 0) is 64.5 Å². The van der Waals surface area contributed by atoms with Crippen LogP contribution in [0.4, 0.5) is 5.69 Å². The molecule has 5 aromatic rings. The lowest BCUT2D eigenvalue weighted by Crippen LogP contribution is -2.19. The lowest BCUT2D eigenvalue weighted by Gasteiger charge is -2.09. The van der Waals surface area contributed by atoms with E-state index in [0.29, 0.717) is 10.1 Å². The molecule has 4 aromatic carbocycles. The first-order valence-corrected chi connectivity index (χ1v) is 12.5. The monoisotopic (exact) mass is 489 g/mol. The summed E-state index contributed by atoms with van der Waals surface area (Å²) in [6.07, 6.45) is 4.09. The van der Waals surface area contributed by atoms with Crippen LogP contribution in [0.5, 0.6) is 5.75 Å². The maximum Gasteiger partial charge on any atom is 0.264 e. The molecule has 0 aliphatic carbocycles. The first-order chi connectivity index (χ1) is 17.7. The SMILES string of the molecule is COc1ccc(N=C2NC(=O)/C(=C\c3cn(Cc4cccc5ccccc45)c4ccccc34)S2)cc1. The Balaban J connectivity index is 1.33. The molecule has 1 aromatic heterocycles. The lowest BCUT2D eigenvalue weighted by molar-refractivity contribution is -0.115. The Labute approximate surface area is 213 Å². The van der Waals surface area contributed by atoms with Gasteiger partial charge in [-0.15, -0.1) is 0 Å². The number of amidine groups is 1. The second kappa shape index (κ2) is 9.40. The van der Waals surface area contributed by atoms with Crippen molar-refractivity contribution in [1.82, 2.24) is 9.88 Å². The van der Waals surface area contributed by atoms with Crippen LogP contribution >= 0.6 is 11.8 Å². The van der Waals surface area contributed by atoms with Crippen LogP contribution in [-0.2, 0) is 11.3 Å². The van der Waals surface area contributed by atoms with Crippen molar-refractivity contribution < 1.29 is 9.53 Å². The van der Waals surface area contributed by atoms with E-state index in [1.807, 2.05) is 36.4 Å². The van der Waals surface area contributed by atoms with Gasteiger partial charge in [-0.1, -0.05) is 60.7 Å². The van der Waals surface area contributed by atoms with Gasteiger partial charge in [0.05, 0.1) is 17.7 Å². The van der Waals surface area contributed by atoms with Crippen LogP contribution < -0.4 is 10.1 Å². The van der Waals surface area contributed by atoms with E-state index in [0.717, 1.165) is 34.4 Å². The number of hydrogen-bond donors (Lipinski definition) is 1. The third-order valence-corrected chi connectivity index (χ3v) is 7.19. The molecule has 2 heterocycles. The summed E-state index contributed by atoms with van der Waals surface area (Å²) >= 11 is 1.35. The molecule has 1 N–H and O–H groups in total. The number of amides is 1. The van der Waals surface area contributed by atoms with Gasteiger partial charge >= 0.3 is 0 Å². The van der Waals surface area contributed by atoms with Crippen molar-refractivity contribution in [3.63, 3.8) is 0 Å². The first-order valence-electron chi connectivity index (χ1n) is 11.7. The zero-order chi connectivity index (χ0) is 24.5. The Bertz CT molecular complexity index is 1660. The smallest absolute Gasteiger partial charge is 0.264 e. The molecule has 0 radical (unpaired) electrons. The Hall–Kier alpha value is -4.29. The van der Waals surface area contributed by atoms with Crippen LogP contribution in [0.3, 0.4) is 0 Å². The van der Waals surface area contributed by atoms with Gasteiger partial charge < -0.3 is 14.6 Å². The minimum Gasteiger partial charge on any atom is -0.497 e. The zero-order valence-electron chi connectivity index (χ0n) is 19.6. The number of fused-ring (bicyclic) bond motifs is 2. The summed E-state index contributed by atoms with van der Waals surface area (Å²) in [4.78, 5) is 17.9. The number of carbonyl (C=O) groups is 1. The number of ether oxygens (including phenoxy) is 1. The Morgan fingerprint density at radius 1 is 0.917 bits per heavy atom. The molecule has 6 rings (SSSR count). The third-order valence-electron chi connectivity index (χ3n) is 6.28. The summed E-state index contributed by atoms with van der Waals surface area (Å²) < 4.78 is 7.46. The largest absolute Gasteiger partial charge is 0.497 e. The summed E-state index contributed by atoms with van der Waals surface area (Å²) in [5.74, 6) is 0.626. The van der Waals surface area contributed by atoms with Crippen molar-refractivity contribution in [2.24, 2.45) is 4.99 Å². The van der Waals surface area contributed by atoms with Crippen LogP contribution in [0, 0.1) is 0 Å². The highest BCUT2D eigenvalue weighted by Crippen LogP contribution is 2.32. The number of aliphatic imine (C=N–C) groups is 1. The van der Waals surface area contributed by atoms with Gasteiger partial charge in [-0.25, -0.2) is 4.99 Å². The maximum atomic E-state index is 12.8. The molecule has 0 spiro atoms. The molecule has 1 saturated heterocycles. The number of nitrogens with one attached hydrogen (secondary N) is 1. The Morgan fingerprint density at radius 2 is 1.67 bits per heavy atom. The normalized spacial score (nSPS) is 15.8. The molecule has 0 unspecified atom stereocenters. The molecular formula is C30H23N3O2S. The predicted molar refractivity (Wildman–Crippen MR) is 149 cm³/mol. The van der Waals surface area contributed by atoms with Gasteiger partial charge in [0.15, 0.2) is 5.17 Å². The molecule has 1 amide bonds. The number of nitrogens with zero attached hydrogens (tertiary/aromatic N) is 2. The fourth-order valence-corrected chi connectivity index (χ4v) is 5.36. The minimum absolute atomic E-state index is 0.141. The fourth-order valence-electron chi connectivity index (χ4n) is 4.53. The van der Waals surface area contributed by atoms with E-state index < -0.39 is 0 Å². The van der Waals surface area contributed by atoms with Crippen molar-refractivity contribution in [2.75, 3.05) is 7.11 Å². The number of methoxy groups -OCH3 is 1. The van der Waals surface area contributed by atoms with E-state index in [1.165, 1.54) is 28.1 Å². The number of thioether (sulfide) groups is 1. The van der Waals surface area contributed by atoms with Crippen molar-refractivity contribution >= 4 is 56.3 Å². The number of benzene rings is 4. The predicted octanol–water partition coefficient (Wildman–Crippen LogP) is 6.74. The molecule has 0 bridgehead atoms. The van der Waals surface area contributed by atoms with Crippen LogP contribution in [0.25, 0.3) is 27.8 Å². The highest BCUT2D eigenvalue weighted by molar-refractivity contribution is 8.18. The molecule has 0 saturated carbocycles. The topological polar surface area (TPSA) is 55.6 Å². The maximum absolute atomic E-state index is 12.8. The molecule has 1 aliphatic heterocycles. The highest BCUT2D eigenvalue weighted by atomic mass is 32.2. The molecule has 1 aliphatic rings. The number of aromatic nitrogens is 1. The number of carbonyl (C=O) groups excluding carboxylic acids is 1. The van der Waals surface area contributed by atoms with Gasteiger partial charge in [0.2, 0.25) is 0 Å². The summed E-state index contributed by atoms with van der Waals surface area (Å²) in [5.41, 5.74) is 4.16. The number of para-hydroxylation sites is 1. The lowest BCUT2D eigenvalue weighted by atomic mass is 10.0. The van der Waals surface area contributed by atoms with E-state index in [9.17, 15) is 4.79 Å². The molecule has 36 heavy (non-hydrogen) atoms. The summed E-state index contributed by atoms with van der Waals surface area (Å²) in [6.45, 7) is 0.745. The van der Waals surface area contributed by atoms with E-state index in [-0.39, 0.29) is 5.91 Å². The van der Waals surface area contributed by atoms with Crippen LogP contribution in [0.2, 0.25) is 0 Å². The van der Waals surface area contributed by atoms with Crippen LogP contribution in [-0.4, -0.2) is 22.8 Å². The van der Waals surface area contributed by atoms with E-state index in [2.05, 4.69) is 81.7 Å². The van der Waals surface area contributed by atoms with Crippen LogP contribution in [0.15, 0.2) is 107 Å². The Kier molecular flexibility index (Phi) is 5.79. The highest BCUT2D eigenvalue weighted by Gasteiger charge is 2.24. The van der Waals surface area contributed by atoms with Gasteiger partial charge in [0.25, 0.3) is 5.91 Å². The van der Waals surface area contributed by atoms with Crippen LogP contribution in [0.1, 0.15) is 11.1 Å². The quantitative estimate of drug-likeness (QED) is 0.278. The van der Waals surface area contributed by atoms with Crippen molar-refractivity contribution in [2.45, 2.75) is 6.54 Å². The van der Waals surface area contributed by atoms with Gasteiger partial charge in [0.1, 0.15) is 5.75 Å². The molecule has 176 valence electrons. The van der Waals surface area contributed by atoms with Gasteiger partial charge in [-0.3, -0.25) is 4.79 Å². The standard InChI is InChI=1S/C30H23N3O2S/c1-35-24-15-13-23(14-16-24)31-30-32-29(34)28(36-30)17-22-19-33(27-12-5-4-11-26(22)27)18-21-9-6-8-20-7-2-3-10-25(20)21/h2-17,19H,18H2,1H3,(H,31,32,34)/b28-17+. The molecule has 0 atom stereocenters. The fraction of sp³-hybridized carbons (Fsp3) is 0.0667. The second-order valence-corrected chi connectivity index (χ2v) is 9.58. The van der Waals surface area contributed by atoms with Crippen molar-refractivity contribution in [3.05, 3.63) is 113 Å². The minimum atomic E-state index is -0.141. The summed E-state index contributed by atoms with van der Waals surface area (Å²) in [6, 6.07) is 30.6. The third kappa shape index (κ3) is 4.27. The molecule has 6 heteroatoms. The van der Waals surface area contributed by atoms with Crippen molar-refractivity contribution in [1.29, 1.82) is 0 Å². The zero-order valence-corrected chi connectivity index (χ0v) is 20.5. The Morgan fingerprint density at radius 3 is 2.50 bits per heavy atom. The number of rotatable bonds is 5. The van der Waals surface area contributed by atoms with E-state index >= 15 is 0 Å². The summed E-state index contributed by atoms with van der Waals surface area (Å²) in [7, 11) is 1.63. The average molecular weight is 490 g/mol.